The van der Waals surface area contributed by atoms with E-state index in [4.69, 9.17) is 14.2 Å². The Hall–Kier alpha value is -2.50. The highest BCUT2D eigenvalue weighted by molar-refractivity contribution is 5.88. The fraction of sp³-hybridized carbons (Fsp3) is 0.600. The van der Waals surface area contributed by atoms with Crippen LogP contribution >= 0.6 is 0 Å². The minimum absolute atomic E-state index is 0.0292. The molecule has 0 aliphatic heterocycles. The lowest BCUT2D eigenvalue weighted by molar-refractivity contribution is -0.146. The van der Waals surface area contributed by atoms with Crippen molar-refractivity contribution in [2.24, 2.45) is 5.92 Å². The summed E-state index contributed by atoms with van der Waals surface area (Å²) < 4.78 is 16.3. The van der Waals surface area contributed by atoms with Gasteiger partial charge in [-0.05, 0) is 77.0 Å². The van der Waals surface area contributed by atoms with Crippen molar-refractivity contribution in [3.63, 3.8) is 0 Å². The van der Waals surface area contributed by atoms with Crippen LogP contribution in [0.5, 0.6) is 5.75 Å². The van der Waals surface area contributed by atoms with Gasteiger partial charge in [0.25, 0.3) is 0 Å². The number of rotatable bonds is 7. The first-order valence-electron chi connectivity index (χ1n) is 11.1. The van der Waals surface area contributed by atoms with Gasteiger partial charge in [-0.15, -0.1) is 0 Å². The van der Waals surface area contributed by atoms with Gasteiger partial charge in [0.1, 0.15) is 17.5 Å². The van der Waals surface area contributed by atoms with E-state index < -0.39 is 17.7 Å². The predicted molar refractivity (Wildman–Crippen MR) is 121 cm³/mol. The molecule has 2 rings (SSSR count). The molecule has 1 aromatic carbocycles. The molecule has 0 aromatic heterocycles. The van der Waals surface area contributed by atoms with Gasteiger partial charge in [-0.1, -0.05) is 31.6 Å². The van der Waals surface area contributed by atoms with Gasteiger partial charge in [-0.3, -0.25) is 0 Å². The van der Waals surface area contributed by atoms with Crippen molar-refractivity contribution >= 4 is 12.1 Å². The third kappa shape index (κ3) is 9.03. The molecule has 3 unspecified atom stereocenters. The SMILES string of the molecule is COc1ccc(CC(/C=C(\C)C(=O)OC2CCCC(C)C2)NC(=O)OC(C)(C)C)cc1. The first-order chi connectivity index (χ1) is 14.6. The summed E-state index contributed by atoms with van der Waals surface area (Å²) in [6, 6.07) is 7.20. The quantitative estimate of drug-likeness (QED) is 0.474. The number of amides is 1. The highest BCUT2D eigenvalue weighted by Crippen LogP contribution is 2.26. The van der Waals surface area contributed by atoms with Crippen molar-refractivity contribution in [2.45, 2.75) is 84.5 Å². The molecule has 6 heteroatoms. The molecule has 1 aliphatic carbocycles. The minimum atomic E-state index is -0.607. The van der Waals surface area contributed by atoms with Crippen LogP contribution in [0.1, 0.15) is 65.9 Å². The van der Waals surface area contributed by atoms with Crippen molar-refractivity contribution in [2.75, 3.05) is 7.11 Å². The molecule has 1 aliphatic rings. The fourth-order valence-corrected chi connectivity index (χ4v) is 3.73. The van der Waals surface area contributed by atoms with Crippen molar-refractivity contribution in [3.05, 3.63) is 41.5 Å². The molecule has 0 radical (unpaired) electrons. The van der Waals surface area contributed by atoms with Gasteiger partial charge >= 0.3 is 12.1 Å². The van der Waals surface area contributed by atoms with Crippen LogP contribution < -0.4 is 10.1 Å². The zero-order valence-electron chi connectivity index (χ0n) is 19.7. The third-order valence-electron chi connectivity index (χ3n) is 5.25. The number of methoxy groups -OCH3 is 1. The zero-order valence-corrected chi connectivity index (χ0v) is 19.7. The molecule has 1 fully saturated rings. The van der Waals surface area contributed by atoms with Crippen molar-refractivity contribution in [1.82, 2.24) is 5.32 Å². The van der Waals surface area contributed by atoms with E-state index in [-0.39, 0.29) is 12.1 Å². The van der Waals surface area contributed by atoms with Gasteiger partial charge in [0.2, 0.25) is 0 Å². The Bertz CT molecular complexity index is 763. The lowest BCUT2D eigenvalue weighted by Gasteiger charge is -2.27. The summed E-state index contributed by atoms with van der Waals surface area (Å²) in [6.45, 7) is 9.36. The van der Waals surface area contributed by atoms with E-state index in [1.165, 1.54) is 6.42 Å². The fourth-order valence-electron chi connectivity index (χ4n) is 3.73. The Labute approximate surface area is 186 Å². The summed E-state index contributed by atoms with van der Waals surface area (Å²) in [5.41, 5.74) is 0.873. The van der Waals surface area contributed by atoms with Gasteiger partial charge in [-0.2, -0.15) is 0 Å². The van der Waals surface area contributed by atoms with Crippen LogP contribution in [-0.2, 0) is 20.7 Å². The topological polar surface area (TPSA) is 73.9 Å². The Balaban J connectivity index is 2.10. The van der Waals surface area contributed by atoms with E-state index in [2.05, 4.69) is 12.2 Å². The summed E-state index contributed by atoms with van der Waals surface area (Å²) in [5.74, 6) is 1.01. The van der Waals surface area contributed by atoms with Gasteiger partial charge in [0.05, 0.1) is 13.2 Å². The first-order valence-corrected chi connectivity index (χ1v) is 11.1. The average Bonchev–Trinajstić information content (AvgIpc) is 2.67. The first kappa shape index (κ1) is 24.8. The summed E-state index contributed by atoms with van der Waals surface area (Å²) in [5, 5.41) is 2.87. The van der Waals surface area contributed by atoms with Crippen LogP contribution in [0.3, 0.4) is 0 Å². The molecule has 1 saturated carbocycles. The Morgan fingerprint density at radius 2 is 1.87 bits per heavy atom. The predicted octanol–water partition coefficient (Wildman–Crippen LogP) is 5.20. The van der Waals surface area contributed by atoms with Gasteiger partial charge in [0, 0.05) is 5.57 Å². The molecular weight excluding hydrogens is 394 g/mol. The number of carbonyl (C=O) groups is 2. The standard InChI is InChI=1S/C25H37NO5/c1-17-8-7-9-22(14-17)30-23(27)18(2)15-20(26-24(28)31-25(3,4)5)16-19-10-12-21(29-6)13-11-19/h10-13,15,17,20,22H,7-9,14,16H2,1-6H3,(H,26,28)/b18-15+. The van der Waals surface area contributed by atoms with E-state index in [0.717, 1.165) is 30.6 Å². The number of nitrogens with one attached hydrogen (secondary N) is 1. The van der Waals surface area contributed by atoms with Crippen LogP contribution in [0, 0.1) is 5.92 Å². The Morgan fingerprint density at radius 3 is 2.45 bits per heavy atom. The zero-order chi connectivity index (χ0) is 23.0. The highest BCUT2D eigenvalue weighted by atomic mass is 16.6. The van der Waals surface area contributed by atoms with E-state index in [1.807, 2.05) is 45.0 Å². The van der Waals surface area contributed by atoms with Crippen LogP contribution in [0.2, 0.25) is 0 Å². The molecule has 0 heterocycles. The smallest absolute Gasteiger partial charge is 0.408 e. The molecule has 0 saturated heterocycles. The summed E-state index contributed by atoms with van der Waals surface area (Å²) in [7, 11) is 1.62. The number of benzene rings is 1. The van der Waals surface area contributed by atoms with Crippen LogP contribution in [0.4, 0.5) is 4.79 Å². The second kappa shape index (κ2) is 11.2. The van der Waals surface area contributed by atoms with E-state index in [1.54, 1.807) is 20.1 Å². The average molecular weight is 432 g/mol. The molecule has 172 valence electrons. The van der Waals surface area contributed by atoms with Crippen LogP contribution in [0.25, 0.3) is 0 Å². The number of ether oxygens (including phenoxy) is 3. The molecular formula is C25H37NO5. The summed E-state index contributed by atoms with van der Waals surface area (Å²) in [4.78, 5) is 25.0. The van der Waals surface area contributed by atoms with Crippen LogP contribution in [-0.4, -0.2) is 36.9 Å². The normalized spacial score (nSPS) is 20.5. The van der Waals surface area contributed by atoms with Crippen molar-refractivity contribution in [1.29, 1.82) is 0 Å². The van der Waals surface area contributed by atoms with E-state index >= 15 is 0 Å². The largest absolute Gasteiger partial charge is 0.497 e. The maximum atomic E-state index is 12.7. The summed E-state index contributed by atoms with van der Waals surface area (Å²) in [6.07, 6.45) is 5.80. The highest BCUT2D eigenvalue weighted by Gasteiger charge is 2.24. The summed E-state index contributed by atoms with van der Waals surface area (Å²) >= 11 is 0. The maximum absolute atomic E-state index is 12.7. The number of alkyl carbamates (subject to hydrolysis) is 1. The second-order valence-electron chi connectivity index (χ2n) is 9.45. The maximum Gasteiger partial charge on any atom is 0.408 e. The third-order valence-corrected chi connectivity index (χ3v) is 5.25. The molecule has 0 spiro atoms. The molecule has 31 heavy (non-hydrogen) atoms. The van der Waals surface area contributed by atoms with E-state index in [9.17, 15) is 9.59 Å². The van der Waals surface area contributed by atoms with E-state index in [0.29, 0.717) is 17.9 Å². The van der Waals surface area contributed by atoms with Crippen LogP contribution in [0.15, 0.2) is 35.9 Å². The Morgan fingerprint density at radius 1 is 1.19 bits per heavy atom. The molecule has 1 N–H and O–H groups in total. The number of hydrogen-bond donors (Lipinski definition) is 1. The lowest BCUT2D eigenvalue weighted by atomic mass is 9.89. The van der Waals surface area contributed by atoms with Gasteiger partial charge in [0.15, 0.2) is 0 Å². The molecule has 3 atom stereocenters. The number of esters is 1. The molecule has 1 aromatic rings. The van der Waals surface area contributed by atoms with Gasteiger partial charge in [-0.25, -0.2) is 9.59 Å². The monoisotopic (exact) mass is 431 g/mol. The molecule has 1 amide bonds. The number of carbonyl (C=O) groups excluding carboxylic acids is 2. The minimum Gasteiger partial charge on any atom is -0.497 e. The van der Waals surface area contributed by atoms with Crippen molar-refractivity contribution < 1.29 is 23.8 Å². The molecule has 0 bridgehead atoms. The van der Waals surface area contributed by atoms with Crippen molar-refractivity contribution in [3.8, 4) is 5.75 Å². The Kier molecular flexibility index (Phi) is 8.96. The second-order valence-corrected chi connectivity index (χ2v) is 9.45. The number of hydrogen-bond acceptors (Lipinski definition) is 5. The molecule has 6 nitrogen and oxygen atoms in total. The lowest BCUT2D eigenvalue weighted by Crippen LogP contribution is -2.39. The van der Waals surface area contributed by atoms with Gasteiger partial charge < -0.3 is 19.5 Å².